The second kappa shape index (κ2) is 5.07. The molecule has 0 bridgehead atoms. The molecule has 0 saturated carbocycles. The van der Waals surface area contributed by atoms with Crippen molar-refractivity contribution in [3.63, 3.8) is 0 Å². The Morgan fingerprint density at radius 1 is 1.56 bits per heavy atom. The molecule has 0 aromatic carbocycles. The average molecular weight is 222 g/mol. The molecule has 0 aliphatic rings. The van der Waals surface area contributed by atoms with Crippen LogP contribution in [0, 0.1) is 13.8 Å². The first kappa shape index (κ1) is 12.6. The summed E-state index contributed by atoms with van der Waals surface area (Å²) in [5.41, 5.74) is 8.15. The number of carbonyl (C=O) groups excluding carboxylic acids is 1. The van der Waals surface area contributed by atoms with E-state index >= 15 is 0 Å². The Labute approximate surface area is 95.8 Å². The molecule has 0 radical (unpaired) electrons. The van der Waals surface area contributed by atoms with Gasteiger partial charge in [0.15, 0.2) is 5.78 Å². The van der Waals surface area contributed by atoms with E-state index in [1.54, 1.807) is 20.2 Å². The van der Waals surface area contributed by atoms with Crippen molar-refractivity contribution < 1.29 is 9.53 Å². The molecule has 0 saturated heterocycles. The van der Waals surface area contributed by atoms with E-state index in [9.17, 15) is 4.79 Å². The molecule has 0 aliphatic carbocycles. The summed E-state index contributed by atoms with van der Waals surface area (Å²) in [6.45, 7) is 5.52. The molecule has 0 amide bonds. The summed E-state index contributed by atoms with van der Waals surface area (Å²) in [5.74, 6) is 0.781. The number of ketones is 1. The maximum Gasteiger partial charge on any atom is 0.155 e. The summed E-state index contributed by atoms with van der Waals surface area (Å²) in [4.78, 5) is 15.8. The van der Waals surface area contributed by atoms with Gasteiger partial charge in [-0.05, 0) is 20.8 Å². The Hall–Kier alpha value is -1.42. The fourth-order valence-corrected chi connectivity index (χ4v) is 1.58. The Bertz CT molecular complexity index is 400. The molecule has 1 rings (SSSR count). The van der Waals surface area contributed by atoms with E-state index in [1.807, 2.05) is 13.8 Å². The minimum atomic E-state index is -0.450. The number of carbonyl (C=O) groups is 1. The second-order valence-electron chi connectivity index (χ2n) is 3.98. The van der Waals surface area contributed by atoms with E-state index in [4.69, 9.17) is 10.5 Å². The summed E-state index contributed by atoms with van der Waals surface area (Å²) >= 11 is 0. The number of Topliss-reactive ketones (excluding diaryl/α,β-unsaturated/α-hetero) is 1. The zero-order chi connectivity index (χ0) is 12.3. The number of hydrogen-bond acceptors (Lipinski definition) is 4. The van der Waals surface area contributed by atoms with Crippen LogP contribution in [0.15, 0.2) is 6.20 Å². The predicted molar refractivity (Wildman–Crippen MR) is 62.6 cm³/mol. The minimum Gasteiger partial charge on any atom is -0.496 e. The number of aromatic nitrogens is 1. The summed E-state index contributed by atoms with van der Waals surface area (Å²) in [6.07, 6.45) is 1.98. The SMILES string of the molecule is COc1c(C)cnc(CC(=O)C(C)N)c1C. The molecule has 0 spiro atoms. The van der Waals surface area contributed by atoms with Crippen molar-refractivity contribution in [3.8, 4) is 5.75 Å². The van der Waals surface area contributed by atoms with Gasteiger partial charge >= 0.3 is 0 Å². The molecule has 1 aromatic rings. The fourth-order valence-electron chi connectivity index (χ4n) is 1.58. The highest BCUT2D eigenvalue weighted by molar-refractivity contribution is 5.85. The van der Waals surface area contributed by atoms with E-state index in [-0.39, 0.29) is 12.2 Å². The van der Waals surface area contributed by atoms with E-state index in [2.05, 4.69) is 4.98 Å². The molecular weight excluding hydrogens is 204 g/mol. The quantitative estimate of drug-likeness (QED) is 0.830. The molecule has 4 heteroatoms. The van der Waals surface area contributed by atoms with Crippen molar-refractivity contribution in [2.75, 3.05) is 7.11 Å². The summed E-state index contributed by atoms with van der Waals surface area (Å²) in [5, 5.41) is 0. The van der Waals surface area contributed by atoms with Gasteiger partial charge in [-0.2, -0.15) is 0 Å². The van der Waals surface area contributed by atoms with Gasteiger partial charge in [0.2, 0.25) is 0 Å². The Kier molecular flexibility index (Phi) is 4.01. The van der Waals surface area contributed by atoms with Gasteiger partial charge in [-0.25, -0.2) is 0 Å². The number of methoxy groups -OCH3 is 1. The monoisotopic (exact) mass is 222 g/mol. The molecule has 1 heterocycles. The molecule has 1 unspecified atom stereocenters. The van der Waals surface area contributed by atoms with Crippen molar-refractivity contribution in [1.29, 1.82) is 0 Å². The third-order valence-electron chi connectivity index (χ3n) is 2.60. The van der Waals surface area contributed by atoms with Crippen LogP contribution in [0.4, 0.5) is 0 Å². The number of nitrogens with zero attached hydrogens (tertiary/aromatic N) is 1. The molecule has 0 aliphatic heterocycles. The molecule has 4 nitrogen and oxygen atoms in total. The largest absolute Gasteiger partial charge is 0.496 e. The summed E-state index contributed by atoms with van der Waals surface area (Å²) < 4.78 is 5.28. The Balaban J connectivity index is 3.03. The first-order valence-electron chi connectivity index (χ1n) is 5.24. The van der Waals surface area contributed by atoms with Crippen LogP contribution in [0.1, 0.15) is 23.7 Å². The maximum absolute atomic E-state index is 11.5. The lowest BCUT2D eigenvalue weighted by Crippen LogP contribution is -2.28. The highest BCUT2D eigenvalue weighted by Crippen LogP contribution is 2.24. The standard InChI is InChI=1S/C12H18N2O2/c1-7-6-14-10(5-11(15)9(3)13)8(2)12(7)16-4/h6,9H,5,13H2,1-4H3. The molecule has 1 atom stereocenters. The van der Waals surface area contributed by atoms with Crippen LogP contribution in [0.25, 0.3) is 0 Å². The highest BCUT2D eigenvalue weighted by Gasteiger charge is 2.14. The van der Waals surface area contributed by atoms with Crippen LogP contribution < -0.4 is 10.5 Å². The third-order valence-corrected chi connectivity index (χ3v) is 2.60. The van der Waals surface area contributed by atoms with E-state index < -0.39 is 6.04 Å². The number of pyridine rings is 1. The van der Waals surface area contributed by atoms with Crippen LogP contribution in [0.2, 0.25) is 0 Å². The Morgan fingerprint density at radius 2 is 2.19 bits per heavy atom. The van der Waals surface area contributed by atoms with Crippen LogP contribution in [-0.2, 0) is 11.2 Å². The van der Waals surface area contributed by atoms with Gasteiger partial charge in [0.25, 0.3) is 0 Å². The number of aryl methyl sites for hydroxylation is 1. The van der Waals surface area contributed by atoms with Gasteiger partial charge in [-0.15, -0.1) is 0 Å². The van der Waals surface area contributed by atoms with Gasteiger partial charge < -0.3 is 10.5 Å². The minimum absolute atomic E-state index is 0.0125. The van der Waals surface area contributed by atoms with Crippen molar-refractivity contribution in [2.45, 2.75) is 33.2 Å². The number of rotatable bonds is 4. The first-order valence-corrected chi connectivity index (χ1v) is 5.24. The normalized spacial score (nSPS) is 12.3. The van der Waals surface area contributed by atoms with E-state index in [0.717, 1.165) is 22.6 Å². The predicted octanol–water partition coefficient (Wildman–Crippen LogP) is 1.17. The summed E-state index contributed by atoms with van der Waals surface area (Å²) in [6, 6.07) is -0.450. The van der Waals surface area contributed by atoms with E-state index in [1.165, 1.54) is 0 Å². The topological polar surface area (TPSA) is 65.2 Å². The second-order valence-corrected chi connectivity index (χ2v) is 3.98. The molecule has 88 valence electrons. The lowest BCUT2D eigenvalue weighted by Gasteiger charge is -2.12. The van der Waals surface area contributed by atoms with Crippen LogP contribution in [-0.4, -0.2) is 23.9 Å². The molecular formula is C12H18N2O2. The first-order chi connectivity index (χ1) is 7.47. The van der Waals surface area contributed by atoms with E-state index in [0.29, 0.717) is 0 Å². The van der Waals surface area contributed by atoms with Crippen molar-refractivity contribution in [3.05, 3.63) is 23.0 Å². The van der Waals surface area contributed by atoms with Crippen molar-refractivity contribution in [1.82, 2.24) is 4.98 Å². The zero-order valence-corrected chi connectivity index (χ0v) is 10.2. The summed E-state index contributed by atoms with van der Waals surface area (Å²) in [7, 11) is 1.62. The molecule has 1 aromatic heterocycles. The fraction of sp³-hybridized carbons (Fsp3) is 0.500. The average Bonchev–Trinajstić information content (AvgIpc) is 2.22. The number of ether oxygens (including phenoxy) is 1. The van der Waals surface area contributed by atoms with Gasteiger partial charge in [-0.3, -0.25) is 9.78 Å². The van der Waals surface area contributed by atoms with Gasteiger partial charge in [0.05, 0.1) is 25.3 Å². The zero-order valence-electron chi connectivity index (χ0n) is 10.2. The highest BCUT2D eigenvalue weighted by atomic mass is 16.5. The molecule has 2 N–H and O–H groups in total. The maximum atomic E-state index is 11.5. The lowest BCUT2D eigenvalue weighted by molar-refractivity contribution is -0.119. The van der Waals surface area contributed by atoms with Crippen LogP contribution in [0.5, 0.6) is 5.75 Å². The molecule has 0 fully saturated rings. The van der Waals surface area contributed by atoms with Crippen LogP contribution >= 0.6 is 0 Å². The van der Waals surface area contributed by atoms with Crippen molar-refractivity contribution in [2.24, 2.45) is 5.73 Å². The van der Waals surface area contributed by atoms with Gasteiger partial charge in [0.1, 0.15) is 5.75 Å². The van der Waals surface area contributed by atoms with Gasteiger partial charge in [0, 0.05) is 17.3 Å². The van der Waals surface area contributed by atoms with Gasteiger partial charge in [-0.1, -0.05) is 0 Å². The molecule has 16 heavy (non-hydrogen) atoms. The number of nitrogens with two attached hydrogens (primary N) is 1. The third kappa shape index (κ3) is 2.58. The number of hydrogen-bond donors (Lipinski definition) is 1. The smallest absolute Gasteiger partial charge is 0.155 e. The van der Waals surface area contributed by atoms with Crippen LogP contribution in [0.3, 0.4) is 0 Å². The Morgan fingerprint density at radius 3 is 2.69 bits per heavy atom. The van der Waals surface area contributed by atoms with Crippen molar-refractivity contribution >= 4 is 5.78 Å². The lowest BCUT2D eigenvalue weighted by atomic mass is 10.0.